The van der Waals surface area contributed by atoms with Crippen LogP contribution in [0.2, 0.25) is 0 Å². The van der Waals surface area contributed by atoms with Gasteiger partial charge in [0.1, 0.15) is 0 Å². The molecule has 0 heterocycles. The van der Waals surface area contributed by atoms with Gasteiger partial charge in [-0.3, -0.25) is 0 Å². The number of hydrogen-bond donors (Lipinski definition) is 0. The lowest BCUT2D eigenvalue weighted by atomic mass is 9.89. The third-order valence-electron chi connectivity index (χ3n) is 6.69. The first kappa shape index (κ1) is 20.4. The van der Waals surface area contributed by atoms with Crippen molar-refractivity contribution < 1.29 is 0 Å². The molecule has 0 nitrogen and oxygen atoms in total. The summed E-state index contributed by atoms with van der Waals surface area (Å²) >= 11 is 0. The monoisotopic (exact) mass is 434 g/mol. The molecule has 0 bridgehead atoms. The van der Waals surface area contributed by atoms with E-state index in [1.165, 1.54) is 66.1 Å². The molecule has 0 aliphatic carbocycles. The maximum atomic E-state index is 2.36. The highest BCUT2D eigenvalue weighted by molar-refractivity contribution is 6.01. The highest BCUT2D eigenvalue weighted by Gasteiger charge is 2.12. The molecule has 0 fully saturated rings. The van der Waals surface area contributed by atoms with Crippen molar-refractivity contribution in [2.45, 2.75) is 13.8 Å². The molecule has 6 aromatic rings. The van der Waals surface area contributed by atoms with E-state index >= 15 is 0 Å². The Bertz CT molecular complexity index is 1540. The average molecular weight is 435 g/mol. The first-order valence-corrected chi connectivity index (χ1v) is 11.9. The number of hydrogen-bond acceptors (Lipinski definition) is 0. The lowest BCUT2D eigenvalue weighted by Gasteiger charge is -2.15. The van der Waals surface area contributed by atoms with E-state index in [-0.39, 0.29) is 0 Å². The smallest absolute Gasteiger partial charge is 0.0105 e. The summed E-state index contributed by atoms with van der Waals surface area (Å²) in [5.41, 5.74) is 10.1. The number of benzene rings is 6. The van der Waals surface area contributed by atoms with E-state index in [0.717, 1.165) is 0 Å². The molecule has 0 unspecified atom stereocenters. The molecule has 6 aromatic carbocycles. The molecule has 6 rings (SSSR count). The second kappa shape index (κ2) is 8.32. The van der Waals surface area contributed by atoms with Crippen molar-refractivity contribution in [3.05, 3.63) is 132 Å². The zero-order valence-electron chi connectivity index (χ0n) is 19.5. The van der Waals surface area contributed by atoms with Crippen LogP contribution in [0.1, 0.15) is 11.1 Å². The van der Waals surface area contributed by atoms with Crippen LogP contribution in [-0.4, -0.2) is 0 Å². The lowest BCUT2D eigenvalue weighted by molar-refractivity contribution is 1.38. The summed E-state index contributed by atoms with van der Waals surface area (Å²) in [6, 6.07) is 44.4. The highest BCUT2D eigenvalue weighted by atomic mass is 14.2. The summed E-state index contributed by atoms with van der Waals surface area (Å²) < 4.78 is 0. The standard InChI is InChI=1S/C34H26/c1-23-17-24(2)19-27(18-23)28-20-29(33-15-7-11-25-9-3-5-13-31(25)33)22-30(21-28)34-16-8-12-26-10-4-6-14-32(26)34/h3-22H,1-2H3. The Hall–Kier alpha value is -4.16. The SMILES string of the molecule is Cc1cc(C)cc(-c2cc(-c3cccc4ccccc34)cc(-c3cccc4ccccc34)c2)c1. The van der Waals surface area contributed by atoms with Crippen LogP contribution >= 0.6 is 0 Å². The van der Waals surface area contributed by atoms with E-state index < -0.39 is 0 Å². The molecule has 0 atom stereocenters. The van der Waals surface area contributed by atoms with E-state index in [1.54, 1.807) is 0 Å². The molecule has 0 spiro atoms. The highest BCUT2D eigenvalue weighted by Crippen LogP contribution is 2.38. The van der Waals surface area contributed by atoms with Crippen LogP contribution in [0, 0.1) is 13.8 Å². The predicted molar refractivity (Wildman–Crippen MR) is 147 cm³/mol. The van der Waals surface area contributed by atoms with Crippen LogP contribution in [0.3, 0.4) is 0 Å². The van der Waals surface area contributed by atoms with Gasteiger partial charge >= 0.3 is 0 Å². The Morgan fingerprint density at radius 1 is 0.353 bits per heavy atom. The van der Waals surface area contributed by atoms with Crippen molar-refractivity contribution in [2.24, 2.45) is 0 Å². The molecular formula is C34H26. The molecule has 0 radical (unpaired) electrons. The Morgan fingerprint density at radius 3 is 1.29 bits per heavy atom. The molecule has 0 saturated heterocycles. The van der Waals surface area contributed by atoms with Crippen molar-refractivity contribution >= 4 is 21.5 Å². The fraction of sp³-hybridized carbons (Fsp3) is 0.0588. The lowest BCUT2D eigenvalue weighted by Crippen LogP contribution is -1.89. The summed E-state index contributed by atoms with van der Waals surface area (Å²) in [5, 5.41) is 5.10. The normalized spacial score (nSPS) is 11.2. The third-order valence-corrected chi connectivity index (χ3v) is 6.69. The van der Waals surface area contributed by atoms with E-state index in [4.69, 9.17) is 0 Å². The van der Waals surface area contributed by atoms with Gasteiger partial charge in [-0.25, -0.2) is 0 Å². The Balaban J connectivity index is 1.66. The molecule has 162 valence electrons. The van der Waals surface area contributed by atoms with Crippen LogP contribution in [0.25, 0.3) is 54.9 Å². The van der Waals surface area contributed by atoms with Crippen LogP contribution in [0.4, 0.5) is 0 Å². The second-order valence-corrected chi connectivity index (χ2v) is 9.23. The maximum Gasteiger partial charge on any atom is -0.0105 e. The van der Waals surface area contributed by atoms with Gasteiger partial charge in [-0.05, 0) is 87.0 Å². The molecule has 0 aliphatic heterocycles. The average Bonchev–Trinajstić information content (AvgIpc) is 2.87. The van der Waals surface area contributed by atoms with Crippen LogP contribution in [0.15, 0.2) is 121 Å². The van der Waals surface area contributed by atoms with Gasteiger partial charge in [0.05, 0.1) is 0 Å². The fourth-order valence-electron chi connectivity index (χ4n) is 5.20. The molecule has 34 heavy (non-hydrogen) atoms. The van der Waals surface area contributed by atoms with Crippen molar-refractivity contribution in [1.29, 1.82) is 0 Å². The molecule has 0 amide bonds. The maximum absolute atomic E-state index is 2.36. The quantitative estimate of drug-likeness (QED) is 0.260. The predicted octanol–water partition coefficient (Wildman–Crippen LogP) is 9.61. The molecule has 0 heteroatoms. The van der Waals surface area contributed by atoms with Crippen molar-refractivity contribution in [3.63, 3.8) is 0 Å². The van der Waals surface area contributed by atoms with Gasteiger partial charge in [-0.1, -0.05) is 114 Å². The summed E-state index contributed by atoms with van der Waals surface area (Å²) in [5.74, 6) is 0. The second-order valence-electron chi connectivity index (χ2n) is 9.23. The molecule has 0 aliphatic rings. The Labute approximate surface area is 201 Å². The molecular weight excluding hydrogens is 408 g/mol. The minimum atomic E-state index is 1.25. The molecule has 0 aromatic heterocycles. The minimum absolute atomic E-state index is 1.25. The van der Waals surface area contributed by atoms with Gasteiger partial charge in [0, 0.05) is 0 Å². The van der Waals surface area contributed by atoms with Crippen LogP contribution < -0.4 is 0 Å². The largest absolute Gasteiger partial charge is 0.0616 e. The minimum Gasteiger partial charge on any atom is -0.0616 e. The Morgan fingerprint density at radius 2 is 0.765 bits per heavy atom. The number of aryl methyl sites for hydroxylation is 2. The summed E-state index contributed by atoms with van der Waals surface area (Å²) in [7, 11) is 0. The first-order valence-electron chi connectivity index (χ1n) is 11.9. The van der Waals surface area contributed by atoms with Gasteiger partial charge in [0.2, 0.25) is 0 Å². The third kappa shape index (κ3) is 3.68. The summed E-state index contributed by atoms with van der Waals surface area (Å²) in [4.78, 5) is 0. The van der Waals surface area contributed by atoms with Crippen molar-refractivity contribution in [1.82, 2.24) is 0 Å². The Kier molecular flexibility index (Phi) is 5.00. The fourth-order valence-corrected chi connectivity index (χ4v) is 5.20. The van der Waals surface area contributed by atoms with Crippen LogP contribution in [0.5, 0.6) is 0 Å². The van der Waals surface area contributed by atoms with Gasteiger partial charge in [-0.15, -0.1) is 0 Å². The van der Waals surface area contributed by atoms with Gasteiger partial charge < -0.3 is 0 Å². The number of rotatable bonds is 3. The van der Waals surface area contributed by atoms with Gasteiger partial charge in [0.25, 0.3) is 0 Å². The van der Waals surface area contributed by atoms with E-state index in [2.05, 4.69) is 135 Å². The van der Waals surface area contributed by atoms with Crippen molar-refractivity contribution in [3.8, 4) is 33.4 Å². The molecule has 0 N–H and O–H groups in total. The topological polar surface area (TPSA) is 0 Å². The van der Waals surface area contributed by atoms with Crippen LogP contribution in [-0.2, 0) is 0 Å². The van der Waals surface area contributed by atoms with E-state index in [0.29, 0.717) is 0 Å². The molecule has 0 saturated carbocycles. The van der Waals surface area contributed by atoms with Crippen molar-refractivity contribution in [2.75, 3.05) is 0 Å². The summed E-state index contributed by atoms with van der Waals surface area (Å²) in [6.45, 7) is 4.35. The van der Waals surface area contributed by atoms with E-state index in [1.807, 2.05) is 0 Å². The van der Waals surface area contributed by atoms with Gasteiger partial charge in [-0.2, -0.15) is 0 Å². The van der Waals surface area contributed by atoms with Gasteiger partial charge in [0.15, 0.2) is 0 Å². The van der Waals surface area contributed by atoms with E-state index in [9.17, 15) is 0 Å². The first-order chi connectivity index (χ1) is 16.7. The zero-order chi connectivity index (χ0) is 23.1. The zero-order valence-corrected chi connectivity index (χ0v) is 19.5. The summed E-state index contributed by atoms with van der Waals surface area (Å²) in [6.07, 6.45) is 0. The number of fused-ring (bicyclic) bond motifs is 2.